The topological polar surface area (TPSA) is 6.48 Å². The van der Waals surface area contributed by atoms with E-state index in [1.807, 2.05) is 0 Å². The summed E-state index contributed by atoms with van der Waals surface area (Å²) in [6, 6.07) is 0. The Morgan fingerprint density at radius 1 is 0.846 bits per heavy atom. The van der Waals surface area contributed by atoms with Crippen molar-refractivity contribution in [3.05, 3.63) is 0 Å². The Morgan fingerprint density at radius 2 is 1.08 bits per heavy atom. The van der Waals surface area contributed by atoms with Gasteiger partial charge in [-0.1, -0.05) is 27.7 Å². The zero-order valence-electron chi connectivity index (χ0n) is 10.2. The van der Waals surface area contributed by atoms with Crippen LogP contribution < -0.4 is 0 Å². The van der Waals surface area contributed by atoms with Crippen molar-refractivity contribution in [2.75, 3.05) is 26.2 Å². The summed E-state index contributed by atoms with van der Waals surface area (Å²) in [4.78, 5) is 5.12. The first-order valence-electron chi connectivity index (χ1n) is 5.54. The molecule has 0 atom stereocenters. The van der Waals surface area contributed by atoms with Crippen molar-refractivity contribution in [3.8, 4) is 0 Å². The van der Waals surface area contributed by atoms with Gasteiger partial charge in [-0.25, -0.2) is 0 Å². The van der Waals surface area contributed by atoms with Gasteiger partial charge in [-0.15, -0.1) is 0 Å². The van der Waals surface area contributed by atoms with Crippen LogP contribution in [0.4, 0.5) is 0 Å². The van der Waals surface area contributed by atoms with Crippen molar-refractivity contribution in [2.45, 2.75) is 39.9 Å². The van der Waals surface area contributed by atoms with E-state index < -0.39 is 0 Å². The van der Waals surface area contributed by atoms with Gasteiger partial charge in [0.2, 0.25) is 0 Å². The molecule has 0 unspecified atom stereocenters. The molecule has 0 radical (unpaired) electrons. The van der Waals surface area contributed by atoms with E-state index in [4.69, 9.17) is 0 Å². The first-order chi connectivity index (χ1) is 6.04. The quantitative estimate of drug-likeness (QED) is 0.462. The normalized spacial score (nSPS) is 13.2. The van der Waals surface area contributed by atoms with Gasteiger partial charge in [0.15, 0.2) is 0 Å². The lowest BCUT2D eigenvalue weighted by Crippen LogP contribution is -2.59. The van der Waals surface area contributed by atoms with Crippen LogP contribution in [0.25, 0.3) is 0 Å². The molecule has 0 rings (SSSR count). The predicted octanol–water partition coefficient (Wildman–Crippen LogP) is 0.709. The highest BCUT2D eigenvalue weighted by Gasteiger charge is 2.28. The lowest BCUT2D eigenvalue weighted by atomic mass is 10.3. The summed E-state index contributed by atoms with van der Waals surface area (Å²) in [5, 5.41) is 0.340. The molecule has 0 heterocycles. The van der Waals surface area contributed by atoms with Gasteiger partial charge in [0.1, 0.15) is 0 Å². The summed E-state index contributed by atoms with van der Waals surface area (Å²) in [5.74, 6) is 0. The van der Waals surface area contributed by atoms with E-state index in [1.54, 1.807) is 0 Å². The fraction of sp³-hybridized carbons (Fsp3) is 1.00. The molecule has 2 nitrogen and oxygen atoms in total. The first-order valence-corrected chi connectivity index (χ1v) is 6.54. The van der Waals surface area contributed by atoms with Crippen molar-refractivity contribution in [2.24, 2.45) is 0 Å². The standard InChI is InChI=1S/C10H26N2Si/c1-6-11(7-2)10(5,13)12(8-3)9-4/h6-9H2,1-5,13H3. The van der Waals surface area contributed by atoms with Gasteiger partial charge in [0.05, 0.1) is 0 Å². The zero-order valence-corrected chi connectivity index (χ0v) is 12.2. The Balaban J connectivity index is 4.48. The fourth-order valence-corrected chi connectivity index (χ4v) is 3.46. The van der Waals surface area contributed by atoms with Crippen LogP contribution in [0.2, 0.25) is 0 Å². The van der Waals surface area contributed by atoms with Gasteiger partial charge in [-0.3, -0.25) is 9.80 Å². The Kier molecular flexibility index (Phi) is 5.84. The van der Waals surface area contributed by atoms with Crippen molar-refractivity contribution in [1.29, 1.82) is 0 Å². The fourth-order valence-electron chi connectivity index (χ4n) is 2.19. The maximum atomic E-state index is 2.56. The molecule has 0 amide bonds. The minimum Gasteiger partial charge on any atom is -0.290 e. The monoisotopic (exact) mass is 202 g/mol. The van der Waals surface area contributed by atoms with Crippen molar-refractivity contribution >= 4 is 10.2 Å². The minimum absolute atomic E-state index is 0.340. The third kappa shape index (κ3) is 3.08. The molecule has 0 aromatic carbocycles. The smallest absolute Gasteiger partial charge is 0.0494 e. The highest BCUT2D eigenvalue weighted by atomic mass is 28.1. The molecule has 13 heavy (non-hydrogen) atoms. The Morgan fingerprint density at radius 3 is 1.23 bits per heavy atom. The summed E-state index contributed by atoms with van der Waals surface area (Å²) in [6.45, 7) is 16.0. The van der Waals surface area contributed by atoms with Crippen LogP contribution in [0.1, 0.15) is 34.6 Å². The lowest BCUT2D eigenvalue weighted by molar-refractivity contribution is 0.0333. The SMILES string of the molecule is CCN(CC)C(C)([SiH3])N(CC)CC. The average molecular weight is 202 g/mol. The van der Waals surface area contributed by atoms with E-state index in [9.17, 15) is 0 Å². The highest BCUT2D eigenvalue weighted by Crippen LogP contribution is 2.15. The number of hydrogen-bond acceptors (Lipinski definition) is 2. The Hall–Kier alpha value is 0.137. The van der Waals surface area contributed by atoms with Crippen LogP contribution in [0.15, 0.2) is 0 Å². The number of hydrogen-bond donors (Lipinski definition) is 0. The van der Waals surface area contributed by atoms with Crippen LogP contribution in [-0.2, 0) is 0 Å². The first kappa shape index (κ1) is 13.1. The predicted molar refractivity (Wildman–Crippen MR) is 64.2 cm³/mol. The van der Waals surface area contributed by atoms with E-state index in [2.05, 4.69) is 44.4 Å². The number of nitrogens with zero attached hydrogens (tertiary/aromatic N) is 2. The van der Waals surface area contributed by atoms with Crippen molar-refractivity contribution < 1.29 is 0 Å². The molecule has 0 aromatic rings. The maximum Gasteiger partial charge on any atom is 0.0494 e. The highest BCUT2D eigenvalue weighted by molar-refractivity contribution is 6.14. The summed E-state index contributed by atoms with van der Waals surface area (Å²) in [6.07, 6.45) is 0. The van der Waals surface area contributed by atoms with Gasteiger partial charge in [-0.05, 0) is 33.1 Å². The van der Waals surface area contributed by atoms with Crippen LogP contribution in [0.3, 0.4) is 0 Å². The van der Waals surface area contributed by atoms with Crippen LogP contribution >= 0.6 is 0 Å². The average Bonchev–Trinajstić information content (AvgIpc) is 2.07. The molecular formula is C10H26N2Si. The van der Waals surface area contributed by atoms with Gasteiger partial charge >= 0.3 is 0 Å². The maximum absolute atomic E-state index is 2.56. The Bertz CT molecular complexity index is 115. The third-order valence-electron chi connectivity index (χ3n) is 3.07. The third-order valence-corrected chi connectivity index (χ3v) is 4.34. The van der Waals surface area contributed by atoms with Gasteiger partial charge < -0.3 is 0 Å². The molecule has 0 aromatic heterocycles. The molecule has 80 valence electrons. The van der Waals surface area contributed by atoms with E-state index in [0.717, 1.165) is 26.2 Å². The van der Waals surface area contributed by atoms with Gasteiger partial charge in [0.25, 0.3) is 0 Å². The number of rotatable bonds is 6. The van der Waals surface area contributed by atoms with E-state index >= 15 is 0 Å². The largest absolute Gasteiger partial charge is 0.290 e. The van der Waals surface area contributed by atoms with E-state index in [-0.39, 0.29) is 0 Å². The molecule has 0 saturated heterocycles. The molecule has 0 aliphatic heterocycles. The second-order valence-electron chi connectivity index (χ2n) is 3.84. The lowest BCUT2D eigenvalue weighted by Gasteiger charge is -2.45. The molecule has 0 bridgehead atoms. The van der Waals surface area contributed by atoms with Crippen LogP contribution in [0, 0.1) is 0 Å². The van der Waals surface area contributed by atoms with Crippen LogP contribution in [-0.4, -0.2) is 51.5 Å². The van der Waals surface area contributed by atoms with E-state index in [1.165, 1.54) is 10.2 Å². The molecule has 0 aliphatic rings. The minimum atomic E-state index is 0.340. The molecule has 0 saturated carbocycles. The second kappa shape index (κ2) is 5.78. The van der Waals surface area contributed by atoms with Gasteiger partial charge in [0, 0.05) is 15.5 Å². The summed E-state index contributed by atoms with van der Waals surface area (Å²) in [7, 11) is 1.21. The van der Waals surface area contributed by atoms with Crippen molar-refractivity contribution in [1.82, 2.24) is 9.80 Å². The molecule has 0 N–H and O–H groups in total. The Labute approximate surface area is 86.7 Å². The molecule has 0 aliphatic carbocycles. The summed E-state index contributed by atoms with van der Waals surface area (Å²) in [5.41, 5.74) is 0. The summed E-state index contributed by atoms with van der Waals surface area (Å²) < 4.78 is 0. The molecule has 0 fully saturated rings. The van der Waals surface area contributed by atoms with Gasteiger partial charge in [-0.2, -0.15) is 0 Å². The summed E-state index contributed by atoms with van der Waals surface area (Å²) >= 11 is 0. The molecule has 0 spiro atoms. The molecular weight excluding hydrogens is 176 g/mol. The van der Waals surface area contributed by atoms with E-state index in [0.29, 0.717) is 5.29 Å². The van der Waals surface area contributed by atoms with Crippen molar-refractivity contribution in [3.63, 3.8) is 0 Å². The second-order valence-corrected chi connectivity index (χ2v) is 5.73. The molecule has 3 heteroatoms. The van der Waals surface area contributed by atoms with Crippen LogP contribution in [0.5, 0.6) is 0 Å². The zero-order chi connectivity index (χ0) is 10.5.